The van der Waals surface area contributed by atoms with Gasteiger partial charge in [0.15, 0.2) is 0 Å². The largest absolute Gasteiger partial charge is 0.485 e. The van der Waals surface area contributed by atoms with Crippen molar-refractivity contribution in [1.29, 1.82) is 0 Å². The molecule has 3 aromatic carbocycles. The predicted octanol–water partition coefficient (Wildman–Crippen LogP) is 5.60. The number of aromatic nitrogens is 2. The van der Waals surface area contributed by atoms with E-state index in [4.69, 9.17) is 26.1 Å². The summed E-state index contributed by atoms with van der Waals surface area (Å²) in [5, 5.41) is 2.98. The summed E-state index contributed by atoms with van der Waals surface area (Å²) in [6.07, 6.45) is 2.40. The highest BCUT2D eigenvalue weighted by Crippen LogP contribution is 2.28. The van der Waals surface area contributed by atoms with E-state index in [0.29, 0.717) is 11.6 Å². The van der Waals surface area contributed by atoms with Gasteiger partial charge in [-0.2, -0.15) is 0 Å². The lowest BCUT2D eigenvalue weighted by molar-refractivity contribution is 0.0963. The minimum Gasteiger partial charge on any atom is -0.485 e. The zero-order valence-corrected chi connectivity index (χ0v) is 16.2. The number of rotatable bonds is 5. The topological polar surface area (TPSA) is 36.3 Å². The number of ether oxygens (including phenoxy) is 2. The second-order valence-electron chi connectivity index (χ2n) is 7.17. The van der Waals surface area contributed by atoms with Crippen molar-refractivity contribution in [2.24, 2.45) is 0 Å². The molecule has 0 N–H and O–H groups in total. The molecule has 1 aliphatic heterocycles. The lowest BCUT2D eigenvalue weighted by atomic mass is 10.1. The van der Waals surface area contributed by atoms with Crippen molar-refractivity contribution in [2.75, 3.05) is 6.61 Å². The lowest BCUT2D eigenvalue weighted by Crippen LogP contribution is -2.18. The van der Waals surface area contributed by atoms with E-state index in [-0.39, 0.29) is 6.10 Å². The Kier molecular flexibility index (Phi) is 4.67. The van der Waals surface area contributed by atoms with Crippen LogP contribution in [0, 0.1) is 0 Å². The highest BCUT2D eigenvalue weighted by Gasteiger charge is 2.20. The van der Waals surface area contributed by atoms with Crippen molar-refractivity contribution in [2.45, 2.75) is 32.1 Å². The maximum absolute atomic E-state index is 6.25. The van der Waals surface area contributed by atoms with Crippen molar-refractivity contribution >= 4 is 33.4 Å². The first-order valence-corrected chi connectivity index (χ1v) is 10.0. The molecule has 1 fully saturated rings. The van der Waals surface area contributed by atoms with Gasteiger partial charge in [-0.05, 0) is 42.5 Å². The fourth-order valence-electron chi connectivity index (χ4n) is 3.92. The quantitative estimate of drug-likeness (QED) is 0.443. The molecule has 0 radical (unpaired) electrons. The second-order valence-corrected chi connectivity index (χ2v) is 7.61. The van der Waals surface area contributed by atoms with Gasteiger partial charge in [0.25, 0.3) is 0 Å². The van der Waals surface area contributed by atoms with Crippen LogP contribution in [0.25, 0.3) is 21.8 Å². The lowest BCUT2D eigenvalue weighted by Gasteiger charge is -2.15. The van der Waals surface area contributed by atoms with Crippen molar-refractivity contribution in [3.05, 3.63) is 71.5 Å². The van der Waals surface area contributed by atoms with Gasteiger partial charge in [-0.1, -0.05) is 48.0 Å². The molecule has 1 unspecified atom stereocenters. The van der Waals surface area contributed by atoms with Gasteiger partial charge in [0.05, 0.1) is 23.7 Å². The number of fused-ring (bicyclic) bond motifs is 2. The Bertz CT molecular complexity index is 1130. The molecule has 0 aliphatic carbocycles. The van der Waals surface area contributed by atoms with E-state index in [1.54, 1.807) is 0 Å². The molecule has 28 heavy (non-hydrogen) atoms. The average Bonchev–Trinajstić information content (AvgIpc) is 3.35. The number of hydrogen-bond acceptors (Lipinski definition) is 3. The third-order valence-corrected chi connectivity index (χ3v) is 5.54. The first-order chi connectivity index (χ1) is 13.8. The summed E-state index contributed by atoms with van der Waals surface area (Å²) >= 11 is 6.25. The van der Waals surface area contributed by atoms with Gasteiger partial charge in [-0.3, -0.25) is 0 Å². The first kappa shape index (κ1) is 17.5. The number of halogens is 1. The summed E-state index contributed by atoms with van der Waals surface area (Å²) in [4.78, 5) is 4.81. The molecule has 0 amide bonds. The molecular weight excluding hydrogens is 372 g/mol. The van der Waals surface area contributed by atoms with Gasteiger partial charge in [0.2, 0.25) is 0 Å². The number of hydrogen-bond donors (Lipinski definition) is 0. The van der Waals surface area contributed by atoms with Gasteiger partial charge in [0, 0.05) is 17.0 Å². The van der Waals surface area contributed by atoms with Crippen LogP contribution in [0.1, 0.15) is 18.7 Å². The van der Waals surface area contributed by atoms with Crippen LogP contribution in [-0.4, -0.2) is 22.3 Å². The third kappa shape index (κ3) is 3.34. The molecule has 5 heteroatoms. The average molecular weight is 393 g/mol. The molecule has 0 saturated carbocycles. The van der Waals surface area contributed by atoms with Gasteiger partial charge in [-0.25, -0.2) is 4.98 Å². The van der Waals surface area contributed by atoms with Crippen LogP contribution in [0.5, 0.6) is 5.75 Å². The summed E-state index contributed by atoms with van der Waals surface area (Å²) in [5.41, 5.74) is 1.96. The fraction of sp³-hybridized carbons (Fsp3) is 0.261. The van der Waals surface area contributed by atoms with Crippen molar-refractivity contribution in [1.82, 2.24) is 9.55 Å². The van der Waals surface area contributed by atoms with Crippen LogP contribution < -0.4 is 4.74 Å². The zero-order chi connectivity index (χ0) is 18.9. The van der Waals surface area contributed by atoms with E-state index >= 15 is 0 Å². The normalized spacial score (nSPS) is 16.8. The molecule has 0 spiro atoms. The van der Waals surface area contributed by atoms with Crippen molar-refractivity contribution < 1.29 is 9.47 Å². The Hall–Kier alpha value is -2.56. The molecule has 1 atom stereocenters. The van der Waals surface area contributed by atoms with Crippen LogP contribution >= 0.6 is 11.6 Å². The summed E-state index contributed by atoms with van der Waals surface area (Å²) in [6, 6.07) is 20.2. The van der Waals surface area contributed by atoms with Crippen molar-refractivity contribution in [3.8, 4) is 5.75 Å². The van der Waals surface area contributed by atoms with Crippen LogP contribution in [0.2, 0.25) is 5.02 Å². The van der Waals surface area contributed by atoms with Crippen LogP contribution in [0.3, 0.4) is 0 Å². The second kappa shape index (κ2) is 7.46. The van der Waals surface area contributed by atoms with Gasteiger partial charge >= 0.3 is 0 Å². The number of nitrogens with zero attached hydrogens (tertiary/aromatic N) is 2. The van der Waals surface area contributed by atoms with Gasteiger partial charge in [-0.15, -0.1) is 0 Å². The SMILES string of the molecule is Clc1ccc2nc(COc3cccc4ccccc34)n(CC3CCCO3)c2c1. The van der Waals surface area contributed by atoms with E-state index in [0.717, 1.165) is 54.0 Å². The number of imidazole rings is 1. The molecule has 2 heterocycles. The van der Waals surface area contributed by atoms with E-state index in [9.17, 15) is 0 Å². The molecule has 0 bridgehead atoms. The molecule has 142 valence electrons. The highest BCUT2D eigenvalue weighted by molar-refractivity contribution is 6.31. The molecule has 1 saturated heterocycles. The fourth-order valence-corrected chi connectivity index (χ4v) is 4.08. The Morgan fingerprint density at radius 2 is 2.00 bits per heavy atom. The third-order valence-electron chi connectivity index (χ3n) is 5.31. The van der Waals surface area contributed by atoms with Crippen LogP contribution in [-0.2, 0) is 17.9 Å². The molecule has 4 aromatic rings. The summed E-state index contributed by atoms with van der Waals surface area (Å²) in [6.45, 7) is 2.00. The maximum atomic E-state index is 6.25. The van der Waals surface area contributed by atoms with E-state index in [1.165, 1.54) is 5.39 Å². The minimum atomic E-state index is 0.215. The smallest absolute Gasteiger partial charge is 0.148 e. The molecule has 1 aliphatic rings. The van der Waals surface area contributed by atoms with Crippen LogP contribution in [0.15, 0.2) is 60.7 Å². The van der Waals surface area contributed by atoms with Gasteiger partial charge < -0.3 is 14.0 Å². The Balaban J connectivity index is 1.49. The molecule has 1 aromatic heterocycles. The standard InChI is InChI=1S/C23H21ClN2O2/c24-17-10-11-20-21(13-17)26(14-18-7-4-12-27-18)23(25-20)15-28-22-9-3-6-16-5-1-2-8-19(16)22/h1-3,5-6,8-11,13,18H,4,7,12,14-15H2. The monoisotopic (exact) mass is 392 g/mol. The maximum Gasteiger partial charge on any atom is 0.148 e. The Labute approximate surface area is 168 Å². The summed E-state index contributed by atoms with van der Waals surface area (Å²) in [5.74, 6) is 1.76. The van der Waals surface area contributed by atoms with E-state index in [2.05, 4.69) is 22.8 Å². The minimum absolute atomic E-state index is 0.215. The Morgan fingerprint density at radius 1 is 1.11 bits per heavy atom. The molecular formula is C23H21ClN2O2. The Morgan fingerprint density at radius 3 is 2.89 bits per heavy atom. The zero-order valence-electron chi connectivity index (χ0n) is 15.5. The summed E-state index contributed by atoms with van der Waals surface area (Å²) < 4.78 is 14.3. The van der Waals surface area contributed by atoms with E-state index in [1.807, 2.05) is 42.5 Å². The van der Waals surface area contributed by atoms with Crippen LogP contribution in [0.4, 0.5) is 0 Å². The predicted molar refractivity (Wildman–Crippen MR) is 112 cm³/mol. The number of benzene rings is 3. The first-order valence-electron chi connectivity index (χ1n) is 9.65. The van der Waals surface area contributed by atoms with E-state index < -0.39 is 0 Å². The molecule has 5 rings (SSSR count). The summed E-state index contributed by atoms with van der Waals surface area (Å²) in [7, 11) is 0. The highest BCUT2D eigenvalue weighted by atomic mass is 35.5. The molecule has 4 nitrogen and oxygen atoms in total. The van der Waals surface area contributed by atoms with Gasteiger partial charge in [0.1, 0.15) is 18.2 Å². The van der Waals surface area contributed by atoms with Crippen molar-refractivity contribution in [3.63, 3.8) is 0 Å².